The number of carbonyl (C=O) groups is 1. The van der Waals surface area contributed by atoms with Crippen molar-refractivity contribution >= 4 is 33.1 Å². The minimum absolute atomic E-state index is 0.225. The van der Waals surface area contributed by atoms with Crippen LogP contribution in [0.2, 0.25) is 0 Å². The normalized spacial score (nSPS) is 13.1. The average molecular weight is 428 g/mol. The van der Waals surface area contributed by atoms with Gasteiger partial charge in [0.25, 0.3) is 5.91 Å². The summed E-state index contributed by atoms with van der Waals surface area (Å²) in [7, 11) is 1.88. The van der Waals surface area contributed by atoms with Gasteiger partial charge < -0.3 is 5.32 Å². The third-order valence-corrected chi connectivity index (χ3v) is 7.19. The Kier molecular flexibility index (Phi) is 4.79. The van der Waals surface area contributed by atoms with E-state index in [2.05, 4.69) is 16.5 Å². The highest BCUT2D eigenvalue weighted by molar-refractivity contribution is 7.16. The van der Waals surface area contributed by atoms with Crippen LogP contribution in [0, 0.1) is 18.3 Å². The van der Waals surface area contributed by atoms with Crippen molar-refractivity contribution in [3.05, 3.63) is 63.8 Å². The van der Waals surface area contributed by atoms with Crippen molar-refractivity contribution in [1.29, 1.82) is 5.26 Å². The van der Waals surface area contributed by atoms with Gasteiger partial charge in [0, 0.05) is 28.6 Å². The maximum Gasteiger partial charge on any atom is 0.257 e. The molecule has 0 radical (unpaired) electrons. The summed E-state index contributed by atoms with van der Waals surface area (Å²) in [6.45, 7) is 1.98. The van der Waals surface area contributed by atoms with E-state index in [0.29, 0.717) is 21.8 Å². The van der Waals surface area contributed by atoms with E-state index < -0.39 is 0 Å². The monoisotopic (exact) mass is 427 g/mol. The molecule has 7 heteroatoms. The van der Waals surface area contributed by atoms with Gasteiger partial charge in [-0.1, -0.05) is 18.2 Å². The number of rotatable bonds is 3. The number of nitrogens with one attached hydrogen (secondary N) is 1. The van der Waals surface area contributed by atoms with Gasteiger partial charge in [-0.25, -0.2) is 4.98 Å². The molecule has 6 nitrogen and oxygen atoms in total. The predicted octanol–water partition coefficient (Wildman–Crippen LogP) is 5.01. The predicted molar refractivity (Wildman–Crippen MR) is 122 cm³/mol. The minimum atomic E-state index is -0.225. The number of nitriles is 1. The third-order valence-electron chi connectivity index (χ3n) is 5.98. The summed E-state index contributed by atoms with van der Waals surface area (Å²) < 4.78 is 1.79. The van der Waals surface area contributed by atoms with E-state index >= 15 is 0 Å². The number of hydrogen-bond acceptors (Lipinski definition) is 5. The molecule has 1 amide bonds. The molecule has 0 atom stereocenters. The number of benzene rings is 1. The van der Waals surface area contributed by atoms with E-state index in [0.717, 1.165) is 53.4 Å². The van der Waals surface area contributed by atoms with Gasteiger partial charge in [0.05, 0.1) is 28.5 Å². The Hall–Kier alpha value is -3.50. The maximum atomic E-state index is 13.4. The van der Waals surface area contributed by atoms with Crippen molar-refractivity contribution < 1.29 is 4.79 Å². The van der Waals surface area contributed by atoms with Crippen LogP contribution in [-0.4, -0.2) is 20.7 Å². The fourth-order valence-corrected chi connectivity index (χ4v) is 5.43. The zero-order valence-electron chi connectivity index (χ0n) is 17.4. The lowest BCUT2D eigenvalue weighted by Gasteiger charge is -2.10. The van der Waals surface area contributed by atoms with Gasteiger partial charge in [-0.05, 0) is 50.3 Å². The zero-order chi connectivity index (χ0) is 21.5. The summed E-state index contributed by atoms with van der Waals surface area (Å²) in [6, 6.07) is 11.8. The molecule has 4 aromatic rings. The summed E-state index contributed by atoms with van der Waals surface area (Å²) in [4.78, 5) is 19.4. The number of para-hydroxylation sites is 1. The van der Waals surface area contributed by atoms with E-state index in [4.69, 9.17) is 4.98 Å². The Labute approximate surface area is 184 Å². The molecule has 0 saturated carbocycles. The Morgan fingerprint density at radius 1 is 1.26 bits per heavy atom. The smallest absolute Gasteiger partial charge is 0.257 e. The van der Waals surface area contributed by atoms with Crippen molar-refractivity contribution in [2.45, 2.75) is 32.6 Å². The highest BCUT2D eigenvalue weighted by Gasteiger charge is 2.23. The van der Waals surface area contributed by atoms with Crippen LogP contribution in [0.1, 0.15) is 44.9 Å². The van der Waals surface area contributed by atoms with Gasteiger partial charge in [0.15, 0.2) is 0 Å². The van der Waals surface area contributed by atoms with Crippen LogP contribution < -0.4 is 5.32 Å². The molecule has 1 N–H and O–H groups in total. The summed E-state index contributed by atoms with van der Waals surface area (Å²) in [5, 5.41) is 18.5. The molecule has 1 aliphatic carbocycles. The van der Waals surface area contributed by atoms with Gasteiger partial charge >= 0.3 is 0 Å². The molecule has 0 unspecified atom stereocenters. The Morgan fingerprint density at radius 2 is 2.06 bits per heavy atom. The van der Waals surface area contributed by atoms with Crippen molar-refractivity contribution in [2.24, 2.45) is 7.05 Å². The van der Waals surface area contributed by atoms with Gasteiger partial charge in [-0.15, -0.1) is 11.3 Å². The number of amides is 1. The van der Waals surface area contributed by atoms with E-state index in [-0.39, 0.29) is 5.91 Å². The first-order valence-electron chi connectivity index (χ1n) is 10.3. The molecule has 3 aromatic heterocycles. The first kappa shape index (κ1) is 19.5. The Balaban J connectivity index is 1.60. The van der Waals surface area contributed by atoms with Crippen molar-refractivity contribution in [3.63, 3.8) is 0 Å². The largest absolute Gasteiger partial charge is 0.312 e. The number of fused-ring (bicyclic) bond motifs is 2. The third kappa shape index (κ3) is 3.29. The quantitative estimate of drug-likeness (QED) is 0.498. The SMILES string of the molecule is Cc1c(-c2cc(C(=O)Nc3sc4c(c3C#N)CCCC4)c3ccccc3n2)cnn1C. The molecule has 1 aliphatic rings. The number of nitrogens with zero attached hydrogens (tertiary/aromatic N) is 4. The summed E-state index contributed by atoms with van der Waals surface area (Å²) in [6.07, 6.45) is 5.89. The lowest BCUT2D eigenvalue weighted by Crippen LogP contribution is -2.13. The highest BCUT2D eigenvalue weighted by Crippen LogP contribution is 2.38. The van der Waals surface area contributed by atoms with E-state index in [1.165, 1.54) is 16.2 Å². The van der Waals surface area contributed by atoms with Crippen molar-refractivity contribution in [2.75, 3.05) is 5.32 Å². The number of aryl methyl sites for hydroxylation is 2. The minimum Gasteiger partial charge on any atom is -0.312 e. The molecule has 5 rings (SSSR count). The molecule has 31 heavy (non-hydrogen) atoms. The molecule has 0 bridgehead atoms. The Bertz CT molecular complexity index is 1370. The lowest BCUT2D eigenvalue weighted by atomic mass is 9.96. The van der Waals surface area contributed by atoms with Gasteiger partial charge in [-0.3, -0.25) is 9.48 Å². The van der Waals surface area contributed by atoms with Gasteiger partial charge in [-0.2, -0.15) is 10.4 Å². The number of thiophene rings is 1. The zero-order valence-corrected chi connectivity index (χ0v) is 18.2. The van der Waals surface area contributed by atoms with Crippen molar-refractivity contribution in [1.82, 2.24) is 14.8 Å². The van der Waals surface area contributed by atoms with Crippen molar-refractivity contribution in [3.8, 4) is 17.3 Å². The topological polar surface area (TPSA) is 83.6 Å². The summed E-state index contributed by atoms with van der Waals surface area (Å²) in [5.41, 5.74) is 5.60. The second-order valence-electron chi connectivity index (χ2n) is 7.82. The van der Waals surface area contributed by atoms with Crippen LogP contribution in [0.5, 0.6) is 0 Å². The van der Waals surface area contributed by atoms with Gasteiger partial charge in [0.1, 0.15) is 11.1 Å². The number of pyridine rings is 1. The second-order valence-corrected chi connectivity index (χ2v) is 8.93. The van der Waals surface area contributed by atoms with Crippen LogP contribution in [0.4, 0.5) is 5.00 Å². The second kappa shape index (κ2) is 7.64. The number of aromatic nitrogens is 3. The highest BCUT2D eigenvalue weighted by atomic mass is 32.1. The summed E-state index contributed by atoms with van der Waals surface area (Å²) in [5.74, 6) is -0.225. The Morgan fingerprint density at radius 3 is 2.84 bits per heavy atom. The number of anilines is 1. The fourth-order valence-electron chi connectivity index (χ4n) is 4.19. The van der Waals surface area contributed by atoms with Crippen LogP contribution >= 0.6 is 11.3 Å². The number of hydrogen-bond donors (Lipinski definition) is 1. The first-order valence-corrected chi connectivity index (χ1v) is 11.1. The van der Waals surface area contributed by atoms with Crippen LogP contribution in [-0.2, 0) is 19.9 Å². The van der Waals surface area contributed by atoms with Crippen LogP contribution in [0.3, 0.4) is 0 Å². The first-order chi connectivity index (χ1) is 15.1. The van der Waals surface area contributed by atoms with E-state index in [1.807, 2.05) is 44.3 Å². The van der Waals surface area contributed by atoms with E-state index in [9.17, 15) is 10.1 Å². The molecular weight excluding hydrogens is 406 g/mol. The molecule has 1 aromatic carbocycles. The summed E-state index contributed by atoms with van der Waals surface area (Å²) >= 11 is 1.54. The molecule has 0 fully saturated rings. The molecule has 0 saturated heterocycles. The molecule has 154 valence electrons. The molecular formula is C24H21N5OS. The maximum absolute atomic E-state index is 13.4. The standard InChI is InChI=1S/C24H21N5OS/c1-14-19(13-26-29(14)2)21-11-17(15-7-3-5-9-20(15)27-21)23(30)28-24-18(12-25)16-8-4-6-10-22(16)31-24/h3,5,7,9,11,13H,4,6,8,10H2,1-2H3,(H,28,30). The van der Waals surface area contributed by atoms with E-state index in [1.54, 1.807) is 10.9 Å². The molecule has 3 heterocycles. The lowest BCUT2D eigenvalue weighted by molar-refractivity contribution is 0.102. The van der Waals surface area contributed by atoms with Gasteiger partial charge in [0.2, 0.25) is 0 Å². The molecule has 0 aliphatic heterocycles. The fraction of sp³-hybridized carbons (Fsp3) is 0.250. The van der Waals surface area contributed by atoms with Crippen LogP contribution in [0.15, 0.2) is 36.5 Å². The number of carbonyl (C=O) groups excluding carboxylic acids is 1. The average Bonchev–Trinajstić information content (AvgIpc) is 3.31. The van der Waals surface area contributed by atoms with Crippen LogP contribution in [0.25, 0.3) is 22.2 Å². The molecule has 0 spiro atoms.